The summed E-state index contributed by atoms with van der Waals surface area (Å²) >= 11 is 2.99. The first kappa shape index (κ1) is 9.62. The van der Waals surface area contributed by atoms with E-state index in [2.05, 4.69) is 21.2 Å². The molecule has 0 fully saturated rings. The molecule has 10 heavy (non-hydrogen) atoms. The van der Waals surface area contributed by atoms with Gasteiger partial charge in [-0.25, -0.2) is 0 Å². The average Bonchev–Trinajstić information content (AvgIpc) is 1.98. The van der Waals surface area contributed by atoms with Crippen molar-refractivity contribution < 1.29 is 9.59 Å². The topological polar surface area (TPSA) is 46.2 Å². The van der Waals surface area contributed by atoms with E-state index in [0.717, 1.165) is 0 Å². The SMILES string of the molecule is O=[C]CCCNC(=O)CBr. The molecule has 57 valence electrons. The summed E-state index contributed by atoms with van der Waals surface area (Å²) in [5.74, 6) is -0.0501. The molecule has 0 saturated heterocycles. The van der Waals surface area contributed by atoms with Crippen LogP contribution in [-0.4, -0.2) is 24.1 Å². The number of hydrogen-bond donors (Lipinski definition) is 1. The van der Waals surface area contributed by atoms with Crippen LogP contribution in [0.2, 0.25) is 0 Å². The van der Waals surface area contributed by atoms with Crippen LogP contribution >= 0.6 is 15.9 Å². The smallest absolute Gasteiger partial charge is 0.230 e. The number of unbranched alkanes of at least 4 members (excludes halogenated alkanes) is 1. The summed E-state index contributed by atoms with van der Waals surface area (Å²) in [5.41, 5.74) is 0. The van der Waals surface area contributed by atoms with Crippen LogP contribution in [0.3, 0.4) is 0 Å². The van der Waals surface area contributed by atoms with Gasteiger partial charge in [-0.2, -0.15) is 0 Å². The first-order valence-electron chi connectivity index (χ1n) is 2.99. The molecule has 0 saturated carbocycles. The highest BCUT2D eigenvalue weighted by Gasteiger charge is 1.94. The predicted molar refractivity (Wildman–Crippen MR) is 41.7 cm³/mol. The molecule has 0 aliphatic carbocycles. The number of halogens is 1. The van der Waals surface area contributed by atoms with Gasteiger partial charge in [0.2, 0.25) is 5.91 Å². The van der Waals surface area contributed by atoms with E-state index in [9.17, 15) is 9.59 Å². The Morgan fingerprint density at radius 3 is 2.80 bits per heavy atom. The molecule has 0 aliphatic heterocycles. The van der Waals surface area contributed by atoms with Gasteiger partial charge in [-0.3, -0.25) is 9.59 Å². The third-order valence-electron chi connectivity index (χ3n) is 0.899. The summed E-state index contributed by atoms with van der Waals surface area (Å²) in [7, 11) is 0. The van der Waals surface area contributed by atoms with Gasteiger partial charge in [0.05, 0.1) is 5.33 Å². The van der Waals surface area contributed by atoms with Crippen LogP contribution in [0.1, 0.15) is 12.8 Å². The summed E-state index contributed by atoms with van der Waals surface area (Å²) in [4.78, 5) is 20.2. The third kappa shape index (κ3) is 5.75. The van der Waals surface area contributed by atoms with Gasteiger partial charge < -0.3 is 5.32 Å². The van der Waals surface area contributed by atoms with E-state index in [4.69, 9.17) is 0 Å². The van der Waals surface area contributed by atoms with Gasteiger partial charge >= 0.3 is 0 Å². The lowest BCUT2D eigenvalue weighted by atomic mass is 10.3. The van der Waals surface area contributed by atoms with E-state index < -0.39 is 0 Å². The number of hydrogen-bond acceptors (Lipinski definition) is 2. The lowest BCUT2D eigenvalue weighted by Gasteiger charge is -1.98. The molecular weight excluding hydrogens is 198 g/mol. The Morgan fingerprint density at radius 1 is 1.60 bits per heavy atom. The van der Waals surface area contributed by atoms with Crippen molar-refractivity contribution in [3.05, 3.63) is 0 Å². The second kappa shape index (κ2) is 6.74. The second-order valence-electron chi connectivity index (χ2n) is 1.73. The molecule has 0 unspecified atom stereocenters. The van der Waals surface area contributed by atoms with Crippen LogP contribution in [0, 0.1) is 0 Å². The highest BCUT2D eigenvalue weighted by Crippen LogP contribution is 1.82. The van der Waals surface area contributed by atoms with Crippen molar-refractivity contribution >= 4 is 28.1 Å². The zero-order chi connectivity index (χ0) is 7.82. The zero-order valence-corrected chi connectivity index (χ0v) is 7.11. The number of alkyl halides is 1. The lowest BCUT2D eigenvalue weighted by Crippen LogP contribution is -2.25. The van der Waals surface area contributed by atoms with E-state index in [1.54, 1.807) is 6.29 Å². The van der Waals surface area contributed by atoms with Gasteiger partial charge in [0, 0.05) is 13.0 Å². The molecule has 0 aromatic rings. The maximum atomic E-state index is 10.5. The minimum absolute atomic E-state index is 0.0501. The van der Waals surface area contributed by atoms with Crippen molar-refractivity contribution in [3.63, 3.8) is 0 Å². The van der Waals surface area contributed by atoms with E-state index in [1.165, 1.54) is 0 Å². The van der Waals surface area contributed by atoms with Crippen LogP contribution in [-0.2, 0) is 9.59 Å². The summed E-state index contributed by atoms with van der Waals surface area (Å²) < 4.78 is 0. The fraction of sp³-hybridized carbons (Fsp3) is 0.667. The van der Waals surface area contributed by atoms with Crippen molar-refractivity contribution in [1.29, 1.82) is 0 Å². The summed E-state index contributed by atoms with van der Waals surface area (Å²) in [6.45, 7) is 0.555. The number of carbonyl (C=O) groups is 1. The molecule has 1 radical (unpaired) electrons. The molecule has 0 rings (SSSR count). The first-order valence-corrected chi connectivity index (χ1v) is 4.11. The maximum Gasteiger partial charge on any atom is 0.230 e. The molecule has 0 aromatic carbocycles. The third-order valence-corrected chi connectivity index (χ3v) is 1.41. The minimum atomic E-state index is -0.0501. The van der Waals surface area contributed by atoms with Crippen LogP contribution in [0.25, 0.3) is 0 Å². The summed E-state index contributed by atoms with van der Waals surface area (Å²) in [6.07, 6.45) is 2.81. The van der Waals surface area contributed by atoms with Crippen molar-refractivity contribution in [2.24, 2.45) is 0 Å². The van der Waals surface area contributed by atoms with E-state index in [0.29, 0.717) is 24.7 Å². The Balaban J connectivity index is 3.03. The van der Waals surface area contributed by atoms with Gasteiger partial charge in [0.1, 0.15) is 0 Å². The van der Waals surface area contributed by atoms with Crippen molar-refractivity contribution in [2.45, 2.75) is 12.8 Å². The van der Waals surface area contributed by atoms with Crippen molar-refractivity contribution in [3.8, 4) is 0 Å². The highest BCUT2D eigenvalue weighted by atomic mass is 79.9. The molecular formula is C6H9BrNO2. The summed E-state index contributed by atoms with van der Waals surface area (Å²) in [6, 6.07) is 0. The van der Waals surface area contributed by atoms with Crippen LogP contribution in [0.5, 0.6) is 0 Å². The maximum absolute atomic E-state index is 10.5. The van der Waals surface area contributed by atoms with Gasteiger partial charge in [0.15, 0.2) is 6.29 Å². The molecule has 0 atom stereocenters. The molecule has 1 amide bonds. The van der Waals surface area contributed by atoms with Crippen molar-refractivity contribution in [1.82, 2.24) is 5.32 Å². The number of rotatable bonds is 5. The quantitative estimate of drug-likeness (QED) is 0.523. The number of carbonyl (C=O) groups excluding carboxylic acids is 2. The zero-order valence-electron chi connectivity index (χ0n) is 5.52. The normalized spacial score (nSPS) is 8.90. The molecule has 0 heterocycles. The standard InChI is InChI=1S/C6H9BrNO2/c7-5-6(10)8-3-1-2-4-9/h1-3,5H2,(H,8,10). The average molecular weight is 207 g/mol. The Kier molecular flexibility index (Phi) is 6.48. The fourth-order valence-electron chi connectivity index (χ4n) is 0.436. The van der Waals surface area contributed by atoms with E-state index in [1.807, 2.05) is 0 Å². The van der Waals surface area contributed by atoms with Gasteiger partial charge in [-0.15, -0.1) is 0 Å². The Bertz CT molecular complexity index is 116. The molecule has 0 bridgehead atoms. The van der Waals surface area contributed by atoms with Crippen LogP contribution < -0.4 is 5.32 Å². The van der Waals surface area contributed by atoms with E-state index >= 15 is 0 Å². The largest absolute Gasteiger partial charge is 0.355 e. The van der Waals surface area contributed by atoms with Gasteiger partial charge in [-0.1, -0.05) is 15.9 Å². The Hall–Kier alpha value is -0.380. The summed E-state index contributed by atoms with van der Waals surface area (Å²) in [5, 5.41) is 2.92. The fourth-order valence-corrected chi connectivity index (χ4v) is 0.634. The number of amides is 1. The van der Waals surface area contributed by atoms with E-state index in [-0.39, 0.29) is 5.91 Å². The lowest BCUT2D eigenvalue weighted by molar-refractivity contribution is -0.118. The van der Waals surface area contributed by atoms with Crippen LogP contribution in [0.15, 0.2) is 0 Å². The highest BCUT2D eigenvalue weighted by molar-refractivity contribution is 9.09. The number of nitrogens with one attached hydrogen (secondary N) is 1. The van der Waals surface area contributed by atoms with Crippen molar-refractivity contribution in [2.75, 3.05) is 11.9 Å². The van der Waals surface area contributed by atoms with Crippen LogP contribution in [0.4, 0.5) is 0 Å². The molecule has 3 nitrogen and oxygen atoms in total. The Labute approximate surface area is 68.3 Å². The molecule has 0 aliphatic rings. The second-order valence-corrected chi connectivity index (χ2v) is 2.29. The Morgan fingerprint density at radius 2 is 2.30 bits per heavy atom. The van der Waals surface area contributed by atoms with Gasteiger partial charge in [0.25, 0.3) is 0 Å². The predicted octanol–water partition coefficient (Wildman–Crippen LogP) is 0.387. The molecule has 1 N–H and O–H groups in total. The monoisotopic (exact) mass is 206 g/mol. The first-order chi connectivity index (χ1) is 4.81. The molecule has 4 heteroatoms. The van der Waals surface area contributed by atoms with Gasteiger partial charge in [-0.05, 0) is 6.42 Å². The molecule has 0 aromatic heterocycles. The molecule has 0 spiro atoms. The minimum Gasteiger partial charge on any atom is -0.355 e.